The van der Waals surface area contributed by atoms with Gasteiger partial charge < -0.3 is 4.90 Å². The maximum absolute atomic E-state index is 13.0. The van der Waals surface area contributed by atoms with Crippen molar-refractivity contribution in [3.8, 4) is 0 Å². The highest BCUT2D eigenvalue weighted by Gasteiger charge is 2.32. The molecule has 1 saturated heterocycles. The fraction of sp³-hybridized carbons (Fsp3) is 0.682. The van der Waals surface area contributed by atoms with Crippen molar-refractivity contribution >= 4 is 15.9 Å². The first-order valence-corrected chi connectivity index (χ1v) is 12.1. The summed E-state index contributed by atoms with van der Waals surface area (Å²) in [5.41, 5.74) is 0.561. The zero-order valence-corrected chi connectivity index (χ0v) is 18.2. The van der Waals surface area contributed by atoms with Crippen LogP contribution in [0.4, 0.5) is 0 Å². The molecule has 1 amide bonds. The molecular weight excluding hydrogens is 372 g/mol. The summed E-state index contributed by atoms with van der Waals surface area (Å²) in [6, 6.07) is 6.80. The molecule has 0 N–H and O–H groups in total. The number of sulfonamides is 1. The highest BCUT2D eigenvalue weighted by Crippen LogP contribution is 2.27. The molecule has 28 heavy (non-hydrogen) atoms. The van der Waals surface area contributed by atoms with Crippen LogP contribution in [0.2, 0.25) is 0 Å². The minimum atomic E-state index is -3.51. The maximum atomic E-state index is 13.0. The largest absolute Gasteiger partial charge is 0.339 e. The van der Waals surface area contributed by atoms with E-state index in [1.807, 2.05) is 11.9 Å². The Morgan fingerprint density at radius 2 is 1.50 bits per heavy atom. The molecule has 6 heteroatoms. The van der Waals surface area contributed by atoms with Crippen LogP contribution in [-0.4, -0.2) is 49.7 Å². The predicted octanol–water partition coefficient (Wildman–Crippen LogP) is 4.15. The number of benzene rings is 1. The van der Waals surface area contributed by atoms with E-state index in [1.165, 1.54) is 25.7 Å². The molecule has 2 unspecified atom stereocenters. The van der Waals surface area contributed by atoms with Gasteiger partial charge in [0, 0.05) is 31.7 Å². The molecule has 156 valence electrons. The maximum Gasteiger partial charge on any atom is 0.253 e. The van der Waals surface area contributed by atoms with E-state index in [2.05, 4.69) is 13.8 Å². The van der Waals surface area contributed by atoms with Gasteiger partial charge in [0.15, 0.2) is 0 Å². The van der Waals surface area contributed by atoms with Gasteiger partial charge in [-0.3, -0.25) is 4.79 Å². The molecule has 3 rings (SSSR count). The zero-order valence-electron chi connectivity index (χ0n) is 17.4. The Kier molecular flexibility index (Phi) is 6.81. The van der Waals surface area contributed by atoms with Gasteiger partial charge in [-0.15, -0.1) is 0 Å². The van der Waals surface area contributed by atoms with Crippen molar-refractivity contribution in [3.05, 3.63) is 29.8 Å². The van der Waals surface area contributed by atoms with Crippen LogP contribution in [0.15, 0.2) is 29.2 Å². The van der Waals surface area contributed by atoms with Gasteiger partial charge in [-0.25, -0.2) is 8.42 Å². The molecule has 0 bridgehead atoms. The molecule has 1 heterocycles. The van der Waals surface area contributed by atoms with Crippen LogP contribution in [0.5, 0.6) is 0 Å². The van der Waals surface area contributed by atoms with E-state index in [4.69, 9.17) is 0 Å². The minimum absolute atomic E-state index is 0.0175. The fourth-order valence-corrected chi connectivity index (χ4v) is 6.41. The number of piperidine rings is 1. The highest BCUT2D eigenvalue weighted by molar-refractivity contribution is 7.89. The summed E-state index contributed by atoms with van der Waals surface area (Å²) in [5, 5.41) is 0. The molecule has 1 aromatic rings. The molecule has 2 atom stereocenters. The first-order chi connectivity index (χ1) is 13.3. The van der Waals surface area contributed by atoms with Gasteiger partial charge >= 0.3 is 0 Å². The summed E-state index contributed by atoms with van der Waals surface area (Å²) in [6.45, 7) is 5.34. The highest BCUT2D eigenvalue weighted by atomic mass is 32.2. The smallest absolute Gasteiger partial charge is 0.253 e. The lowest BCUT2D eigenvalue weighted by Crippen LogP contribution is -2.42. The normalized spacial score (nSPS) is 25.2. The van der Waals surface area contributed by atoms with Crippen LogP contribution in [0.25, 0.3) is 0 Å². The van der Waals surface area contributed by atoms with E-state index >= 15 is 0 Å². The molecule has 0 aromatic heterocycles. The molecule has 1 aliphatic heterocycles. The average molecular weight is 407 g/mol. The number of hydrogen-bond acceptors (Lipinski definition) is 3. The molecule has 2 fully saturated rings. The summed E-state index contributed by atoms with van der Waals surface area (Å²) in [6.07, 6.45) is 8.02. The van der Waals surface area contributed by atoms with Crippen LogP contribution in [0, 0.1) is 11.8 Å². The van der Waals surface area contributed by atoms with Gasteiger partial charge in [-0.05, 0) is 55.4 Å². The summed E-state index contributed by atoms with van der Waals surface area (Å²) in [7, 11) is -1.63. The third-order valence-electron chi connectivity index (χ3n) is 6.27. The van der Waals surface area contributed by atoms with Crippen molar-refractivity contribution in [1.29, 1.82) is 0 Å². The number of nitrogens with zero attached hydrogens (tertiary/aromatic N) is 2. The SMILES string of the molecule is CC1CC(C)CN(S(=O)(=O)c2ccc(C(=O)N(C)C3CCCCCC3)cc2)C1. The quantitative estimate of drug-likeness (QED) is 0.706. The first kappa shape index (κ1) is 21.3. The first-order valence-electron chi connectivity index (χ1n) is 10.7. The van der Waals surface area contributed by atoms with Gasteiger partial charge in [-0.1, -0.05) is 39.5 Å². The molecule has 1 saturated carbocycles. The van der Waals surface area contributed by atoms with E-state index in [-0.39, 0.29) is 16.8 Å². The Morgan fingerprint density at radius 3 is 2.04 bits per heavy atom. The topological polar surface area (TPSA) is 57.7 Å². The van der Waals surface area contributed by atoms with E-state index in [0.717, 1.165) is 19.3 Å². The van der Waals surface area contributed by atoms with Gasteiger partial charge in [0.25, 0.3) is 5.91 Å². The lowest BCUT2D eigenvalue weighted by molar-refractivity contribution is 0.0717. The Labute approximate surface area is 170 Å². The van der Waals surface area contributed by atoms with E-state index < -0.39 is 10.0 Å². The number of rotatable bonds is 4. The second-order valence-electron chi connectivity index (χ2n) is 8.85. The van der Waals surface area contributed by atoms with Gasteiger partial charge in [0.1, 0.15) is 0 Å². The second kappa shape index (κ2) is 8.95. The van der Waals surface area contributed by atoms with Crippen molar-refractivity contribution in [1.82, 2.24) is 9.21 Å². The number of carbonyl (C=O) groups excluding carboxylic acids is 1. The van der Waals surface area contributed by atoms with E-state index in [9.17, 15) is 13.2 Å². The van der Waals surface area contributed by atoms with Gasteiger partial charge in [-0.2, -0.15) is 4.31 Å². The summed E-state index contributed by atoms with van der Waals surface area (Å²) in [4.78, 5) is 15.0. The Bertz CT molecular complexity index is 757. The predicted molar refractivity (Wildman–Crippen MR) is 112 cm³/mol. The zero-order chi connectivity index (χ0) is 20.3. The summed E-state index contributed by atoms with van der Waals surface area (Å²) in [5.74, 6) is 0.719. The molecule has 0 spiro atoms. The molecule has 1 aromatic carbocycles. The van der Waals surface area contributed by atoms with Crippen molar-refractivity contribution in [2.45, 2.75) is 69.7 Å². The molecule has 1 aliphatic carbocycles. The lowest BCUT2D eigenvalue weighted by Gasteiger charge is -2.34. The Balaban J connectivity index is 1.72. The van der Waals surface area contributed by atoms with Gasteiger partial charge in [0.05, 0.1) is 4.90 Å². The van der Waals surface area contributed by atoms with Crippen molar-refractivity contribution in [2.24, 2.45) is 11.8 Å². The monoisotopic (exact) mass is 406 g/mol. The standard InChI is InChI=1S/C22H34N2O3S/c1-17-14-18(2)16-24(15-17)28(26,27)21-12-10-19(11-13-21)22(25)23(3)20-8-6-4-5-7-9-20/h10-13,17-18,20H,4-9,14-16H2,1-3H3. The molecule has 2 aliphatic rings. The van der Waals surface area contributed by atoms with Crippen molar-refractivity contribution < 1.29 is 13.2 Å². The van der Waals surface area contributed by atoms with Crippen LogP contribution in [0.3, 0.4) is 0 Å². The lowest BCUT2D eigenvalue weighted by atomic mass is 9.94. The number of hydrogen-bond donors (Lipinski definition) is 0. The summed E-state index contributed by atoms with van der Waals surface area (Å²) < 4.78 is 27.6. The van der Waals surface area contributed by atoms with Crippen LogP contribution in [0.1, 0.15) is 69.2 Å². The van der Waals surface area contributed by atoms with Crippen molar-refractivity contribution in [2.75, 3.05) is 20.1 Å². The summed E-state index contributed by atoms with van der Waals surface area (Å²) >= 11 is 0. The average Bonchev–Trinajstić information content (AvgIpc) is 2.95. The van der Waals surface area contributed by atoms with Crippen molar-refractivity contribution in [3.63, 3.8) is 0 Å². The van der Waals surface area contributed by atoms with Crippen LogP contribution < -0.4 is 0 Å². The Morgan fingerprint density at radius 1 is 0.964 bits per heavy atom. The Hall–Kier alpha value is -1.40. The van der Waals surface area contributed by atoms with E-state index in [0.29, 0.717) is 30.5 Å². The minimum Gasteiger partial charge on any atom is -0.339 e. The fourth-order valence-electron chi connectivity index (χ4n) is 4.74. The number of carbonyl (C=O) groups is 1. The third kappa shape index (κ3) is 4.77. The van der Waals surface area contributed by atoms with Gasteiger partial charge in [0.2, 0.25) is 10.0 Å². The van der Waals surface area contributed by atoms with Crippen LogP contribution >= 0.6 is 0 Å². The number of amides is 1. The molecule has 0 radical (unpaired) electrons. The molecule has 5 nitrogen and oxygen atoms in total. The van der Waals surface area contributed by atoms with Crippen LogP contribution in [-0.2, 0) is 10.0 Å². The van der Waals surface area contributed by atoms with E-state index in [1.54, 1.807) is 28.6 Å². The second-order valence-corrected chi connectivity index (χ2v) is 10.8. The third-order valence-corrected chi connectivity index (χ3v) is 8.11. The molecular formula is C22H34N2O3S.